The molecule has 2 aromatic heterocycles. The number of fused-ring (bicyclic) bond motifs is 1. The normalized spacial score (nSPS) is 27.0. The number of nitrogens with two attached hydrogens (primary N) is 3. The van der Waals surface area contributed by atoms with Gasteiger partial charge in [0.25, 0.3) is 0 Å². The number of piperidine rings is 1. The summed E-state index contributed by atoms with van der Waals surface area (Å²) in [6, 6.07) is -0.857. The maximum absolute atomic E-state index is 12.5. The maximum atomic E-state index is 12.5. The van der Waals surface area contributed by atoms with Gasteiger partial charge in [-0.15, -0.1) is 0 Å². The minimum absolute atomic E-state index is 0.00288. The molecule has 0 aromatic carbocycles. The predicted molar refractivity (Wildman–Crippen MR) is 116 cm³/mol. The van der Waals surface area contributed by atoms with Crippen molar-refractivity contribution in [3.05, 3.63) is 6.33 Å². The summed E-state index contributed by atoms with van der Waals surface area (Å²) >= 11 is 0. The number of hydrogen-bond donors (Lipinski definition) is 4. The highest BCUT2D eigenvalue weighted by Gasteiger charge is 2.50. The fourth-order valence-electron chi connectivity index (χ4n) is 4.94. The number of ether oxygens (including phenoxy) is 1. The Balaban J connectivity index is 1.49. The molecule has 0 aliphatic carbocycles. The Morgan fingerprint density at radius 1 is 1.35 bits per heavy atom. The van der Waals surface area contributed by atoms with Crippen LogP contribution in [0.1, 0.15) is 52.0 Å². The average Bonchev–Trinajstić information content (AvgIpc) is 3.11. The van der Waals surface area contributed by atoms with Gasteiger partial charge in [0.2, 0.25) is 11.9 Å². The van der Waals surface area contributed by atoms with Gasteiger partial charge >= 0.3 is 0 Å². The standard InChI is InChI=1S/C20H32N8O3/c1-3-4-12(21)17(29)27-7-5-20(6-8-27)10-19(2,30)13(9-31-20)28-11-24-14-15(22)25-18(23)26-16(14)28/h11-13,30H,3-10,21H2,1-2H3,(H4,22,23,25,26)/t12-,13-,19-/m1/s1. The summed E-state index contributed by atoms with van der Waals surface area (Å²) in [5.41, 5.74) is 17.0. The van der Waals surface area contributed by atoms with Crippen LogP contribution < -0.4 is 17.2 Å². The van der Waals surface area contributed by atoms with Crippen molar-refractivity contribution in [1.29, 1.82) is 0 Å². The van der Waals surface area contributed by atoms with E-state index in [-0.39, 0.29) is 24.3 Å². The Hall–Kier alpha value is -2.50. The van der Waals surface area contributed by atoms with Crippen molar-refractivity contribution < 1.29 is 14.6 Å². The summed E-state index contributed by atoms with van der Waals surface area (Å²) in [5, 5.41) is 11.4. The summed E-state index contributed by atoms with van der Waals surface area (Å²) in [6.07, 6.45) is 4.91. The Bertz CT molecular complexity index is 967. The molecule has 11 heteroatoms. The molecular formula is C20H32N8O3. The molecule has 1 spiro atoms. The summed E-state index contributed by atoms with van der Waals surface area (Å²) in [6.45, 7) is 5.25. The van der Waals surface area contributed by atoms with E-state index in [1.807, 2.05) is 11.8 Å². The number of likely N-dealkylation sites (tertiary alicyclic amines) is 1. The molecule has 2 aromatic rings. The van der Waals surface area contributed by atoms with E-state index in [2.05, 4.69) is 15.0 Å². The van der Waals surface area contributed by atoms with E-state index >= 15 is 0 Å². The van der Waals surface area contributed by atoms with E-state index in [9.17, 15) is 9.90 Å². The number of anilines is 2. The summed E-state index contributed by atoms with van der Waals surface area (Å²) in [7, 11) is 0. The van der Waals surface area contributed by atoms with Gasteiger partial charge in [-0.05, 0) is 26.2 Å². The van der Waals surface area contributed by atoms with Crippen LogP contribution in [0, 0.1) is 0 Å². The average molecular weight is 433 g/mol. The highest BCUT2D eigenvalue weighted by atomic mass is 16.5. The van der Waals surface area contributed by atoms with Crippen molar-refractivity contribution >= 4 is 28.8 Å². The highest BCUT2D eigenvalue weighted by molar-refractivity contribution is 5.83. The van der Waals surface area contributed by atoms with Gasteiger partial charge in [0.15, 0.2) is 11.5 Å². The number of aromatic nitrogens is 4. The molecule has 2 aliphatic rings. The first kappa shape index (κ1) is 21.7. The van der Waals surface area contributed by atoms with Crippen LogP contribution in [0.3, 0.4) is 0 Å². The molecule has 0 radical (unpaired) electrons. The molecule has 2 aliphatic heterocycles. The largest absolute Gasteiger partial charge is 0.388 e. The number of carbonyl (C=O) groups is 1. The molecule has 170 valence electrons. The quantitative estimate of drug-likeness (QED) is 0.526. The Kier molecular flexibility index (Phi) is 5.52. The first-order valence-corrected chi connectivity index (χ1v) is 10.8. The molecule has 0 unspecified atom stereocenters. The zero-order valence-electron chi connectivity index (χ0n) is 18.1. The number of nitrogen functional groups attached to an aromatic ring is 2. The van der Waals surface area contributed by atoms with Crippen LogP contribution in [0.25, 0.3) is 11.2 Å². The second-order valence-corrected chi connectivity index (χ2v) is 9.06. The summed E-state index contributed by atoms with van der Waals surface area (Å²) in [4.78, 5) is 26.9. The van der Waals surface area contributed by atoms with Crippen molar-refractivity contribution in [3.63, 3.8) is 0 Å². The lowest BCUT2D eigenvalue weighted by molar-refractivity contribution is -0.197. The van der Waals surface area contributed by atoms with E-state index in [0.717, 1.165) is 6.42 Å². The number of nitrogens with zero attached hydrogens (tertiary/aromatic N) is 5. The molecule has 11 nitrogen and oxygen atoms in total. The van der Waals surface area contributed by atoms with Gasteiger partial charge in [-0.25, -0.2) is 4.98 Å². The van der Waals surface area contributed by atoms with Crippen LogP contribution >= 0.6 is 0 Å². The molecule has 2 saturated heterocycles. The molecule has 4 rings (SSSR count). The van der Waals surface area contributed by atoms with E-state index in [4.69, 9.17) is 21.9 Å². The first-order valence-electron chi connectivity index (χ1n) is 10.8. The van der Waals surface area contributed by atoms with Crippen LogP contribution in [0.2, 0.25) is 0 Å². The summed E-state index contributed by atoms with van der Waals surface area (Å²) in [5.74, 6) is 0.252. The molecule has 1 amide bonds. The first-order chi connectivity index (χ1) is 14.7. The third kappa shape index (κ3) is 3.92. The van der Waals surface area contributed by atoms with Crippen molar-refractivity contribution in [3.8, 4) is 0 Å². The third-order valence-electron chi connectivity index (χ3n) is 6.65. The second kappa shape index (κ2) is 7.88. The monoisotopic (exact) mass is 432 g/mol. The van der Waals surface area contributed by atoms with E-state index in [0.29, 0.717) is 49.9 Å². The number of amides is 1. The Morgan fingerprint density at radius 2 is 2.06 bits per heavy atom. The van der Waals surface area contributed by atoms with Crippen molar-refractivity contribution in [1.82, 2.24) is 24.4 Å². The van der Waals surface area contributed by atoms with Gasteiger partial charge in [-0.3, -0.25) is 4.79 Å². The topological polar surface area (TPSA) is 171 Å². The molecule has 4 heterocycles. The lowest BCUT2D eigenvalue weighted by Crippen LogP contribution is -2.59. The molecule has 2 fully saturated rings. The lowest BCUT2D eigenvalue weighted by Gasteiger charge is -2.51. The number of imidazole rings is 1. The van der Waals surface area contributed by atoms with Gasteiger partial charge in [-0.2, -0.15) is 9.97 Å². The van der Waals surface area contributed by atoms with E-state index < -0.39 is 23.3 Å². The van der Waals surface area contributed by atoms with Crippen LogP contribution in [-0.4, -0.2) is 72.4 Å². The second-order valence-electron chi connectivity index (χ2n) is 9.06. The van der Waals surface area contributed by atoms with Crippen LogP contribution in [0.4, 0.5) is 11.8 Å². The van der Waals surface area contributed by atoms with Crippen LogP contribution in [-0.2, 0) is 9.53 Å². The molecule has 0 saturated carbocycles. The molecule has 7 N–H and O–H groups in total. The van der Waals surface area contributed by atoms with Crippen LogP contribution in [0.5, 0.6) is 0 Å². The number of carbonyl (C=O) groups excluding carboxylic acids is 1. The predicted octanol–water partition coefficient (Wildman–Crippen LogP) is 0.192. The van der Waals surface area contributed by atoms with E-state index in [1.54, 1.807) is 17.8 Å². The molecule has 3 atom stereocenters. The minimum Gasteiger partial charge on any atom is -0.388 e. The number of hydrogen-bond acceptors (Lipinski definition) is 9. The molecule has 31 heavy (non-hydrogen) atoms. The van der Waals surface area contributed by atoms with E-state index in [1.165, 1.54) is 0 Å². The molecular weight excluding hydrogens is 400 g/mol. The summed E-state index contributed by atoms with van der Waals surface area (Å²) < 4.78 is 8.10. The lowest BCUT2D eigenvalue weighted by atomic mass is 9.75. The zero-order valence-corrected chi connectivity index (χ0v) is 18.1. The van der Waals surface area contributed by atoms with Crippen molar-refractivity contribution in [2.24, 2.45) is 5.73 Å². The maximum Gasteiger partial charge on any atom is 0.239 e. The fourth-order valence-corrected chi connectivity index (χ4v) is 4.94. The molecule has 0 bridgehead atoms. The minimum atomic E-state index is -1.08. The van der Waals surface area contributed by atoms with Gasteiger partial charge < -0.3 is 36.5 Å². The smallest absolute Gasteiger partial charge is 0.239 e. The number of aliphatic hydroxyl groups is 1. The zero-order chi connectivity index (χ0) is 22.4. The Morgan fingerprint density at radius 3 is 2.71 bits per heavy atom. The van der Waals surface area contributed by atoms with Gasteiger partial charge in [0.1, 0.15) is 5.52 Å². The van der Waals surface area contributed by atoms with Crippen molar-refractivity contribution in [2.45, 2.75) is 69.2 Å². The number of rotatable bonds is 4. The third-order valence-corrected chi connectivity index (χ3v) is 6.65. The van der Waals surface area contributed by atoms with Gasteiger partial charge in [-0.1, -0.05) is 13.3 Å². The van der Waals surface area contributed by atoms with Crippen LogP contribution in [0.15, 0.2) is 6.33 Å². The van der Waals surface area contributed by atoms with Gasteiger partial charge in [0, 0.05) is 19.5 Å². The fraction of sp³-hybridized carbons (Fsp3) is 0.700. The SMILES string of the molecule is CCC[C@@H](N)C(=O)N1CCC2(CC1)C[C@@](C)(O)[C@H](n1cnc3c(N)nc(N)nc31)CO2. The Labute approximate surface area is 181 Å². The van der Waals surface area contributed by atoms with Gasteiger partial charge in [0.05, 0.1) is 36.2 Å². The van der Waals surface area contributed by atoms with Crippen molar-refractivity contribution in [2.75, 3.05) is 31.2 Å². The highest BCUT2D eigenvalue weighted by Crippen LogP contribution is 2.44.